The molecular weight excluding hydrogens is 414 g/mol. The molecule has 0 unspecified atom stereocenters. The molecule has 31 heavy (non-hydrogen) atoms. The first-order valence-electron chi connectivity index (χ1n) is 10.7. The molecule has 1 aliphatic carbocycles. The molecule has 0 fully saturated rings. The van der Waals surface area contributed by atoms with Gasteiger partial charge in [-0.25, -0.2) is 9.78 Å². The van der Waals surface area contributed by atoms with Crippen LogP contribution in [0.1, 0.15) is 59.2 Å². The zero-order chi connectivity index (χ0) is 21.8. The molecule has 2 heterocycles. The van der Waals surface area contributed by atoms with Crippen LogP contribution in [0.4, 0.5) is 5.00 Å². The van der Waals surface area contributed by atoms with Crippen LogP contribution >= 0.6 is 11.3 Å². The van der Waals surface area contributed by atoms with Gasteiger partial charge in [0, 0.05) is 17.7 Å². The molecule has 1 amide bonds. The van der Waals surface area contributed by atoms with Crippen molar-refractivity contribution in [2.75, 3.05) is 11.9 Å². The summed E-state index contributed by atoms with van der Waals surface area (Å²) in [6.07, 6.45) is 5.20. The third-order valence-corrected chi connectivity index (χ3v) is 6.59. The number of aryl methyl sites for hydroxylation is 2. The SMILES string of the molecule is CCOC(=O)c1c(NC(=O)CCCc2nc3ccccc3c(=O)[nH]2)sc2c1CCCC2. The van der Waals surface area contributed by atoms with E-state index in [9.17, 15) is 14.4 Å². The normalized spacial score (nSPS) is 13.1. The smallest absolute Gasteiger partial charge is 0.341 e. The second kappa shape index (κ2) is 9.43. The summed E-state index contributed by atoms with van der Waals surface area (Å²) in [5.74, 6) is 0.0396. The highest BCUT2D eigenvalue weighted by molar-refractivity contribution is 7.17. The number of anilines is 1. The number of fused-ring (bicyclic) bond motifs is 2. The van der Waals surface area contributed by atoms with Gasteiger partial charge in [0.25, 0.3) is 5.56 Å². The molecule has 0 atom stereocenters. The summed E-state index contributed by atoms with van der Waals surface area (Å²) in [4.78, 5) is 45.7. The summed E-state index contributed by atoms with van der Waals surface area (Å²) in [5.41, 5.74) is 2.03. The number of ether oxygens (including phenoxy) is 1. The number of esters is 1. The first kappa shape index (κ1) is 21.2. The molecule has 0 bridgehead atoms. The van der Waals surface area contributed by atoms with Crippen LogP contribution in [0.3, 0.4) is 0 Å². The van der Waals surface area contributed by atoms with E-state index >= 15 is 0 Å². The minimum Gasteiger partial charge on any atom is -0.462 e. The van der Waals surface area contributed by atoms with Gasteiger partial charge < -0.3 is 15.0 Å². The Kier molecular flexibility index (Phi) is 6.46. The predicted octanol–water partition coefficient (Wildman–Crippen LogP) is 4.00. The maximum Gasteiger partial charge on any atom is 0.341 e. The minimum atomic E-state index is -0.366. The largest absolute Gasteiger partial charge is 0.462 e. The molecule has 0 spiro atoms. The average molecular weight is 440 g/mol. The van der Waals surface area contributed by atoms with Crippen molar-refractivity contribution in [2.45, 2.75) is 51.9 Å². The fourth-order valence-corrected chi connectivity index (χ4v) is 5.23. The van der Waals surface area contributed by atoms with Crippen LogP contribution in [0.25, 0.3) is 10.9 Å². The number of carbonyl (C=O) groups excluding carboxylic acids is 2. The van der Waals surface area contributed by atoms with Gasteiger partial charge in [0.1, 0.15) is 10.8 Å². The van der Waals surface area contributed by atoms with Crippen LogP contribution in [0.2, 0.25) is 0 Å². The van der Waals surface area contributed by atoms with Crippen molar-refractivity contribution >= 4 is 39.1 Å². The standard InChI is InChI=1S/C23H25N3O4S/c1-2-30-23(29)20-15-9-4-6-11-17(15)31-22(20)26-19(27)13-7-12-18-24-16-10-5-3-8-14(16)21(28)25-18/h3,5,8,10H,2,4,6-7,9,11-13H2,1H3,(H,26,27)(H,24,25,28). The highest BCUT2D eigenvalue weighted by Crippen LogP contribution is 2.38. The van der Waals surface area contributed by atoms with E-state index in [-0.39, 0.29) is 23.9 Å². The maximum absolute atomic E-state index is 12.6. The van der Waals surface area contributed by atoms with E-state index in [0.29, 0.717) is 46.7 Å². The van der Waals surface area contributed by atoms with Crippen molar-refractivity contribution < 1.29 is 14.3 Å². The summed E-state index contributed by atoms with van der Waals surface area (Å²) >= 11 is 1.49. The number of nitrogens with zero attached hydrogens (tertiary/aromatic N) is 1. The second-order valence-electron chi connectivity index (χ2n) is 7.57. The topological polar surface area (TPSA) is 101 Å². The fraction of sp³-hybridized carbons (Fsp3) is 0.391. The Bertz CT molecular complexity index is 1180. The van der Waals surface area contributed by atoms with Crippen molar-refractivity contribution in [1.29, 1.82) is 0 Å². The van der Waals surface area contributed by atoms with Crippen LogP contribution < -0.4 is 10.9 Å². The number of H-pyrrole nitrogens is 1. The van der Waals surface area contributed by atoms with E-state index < -0.39 is 0 Å². The van der Waals surface area contributed by atoms with E-state index in [1.165, 1.54) is 16.2 Å². The lowest BCUT2D eigenvalue weighted by Gasteiger charge is -2.12. The number of rotatable bonds is 7. The third-order valence-electron chi connectivity index (χ3n) is 5.38. The van der Waals surface area contributed by atoms with Crippen molar-refractivity contribution in [1.82, 2.24) is 9.97 Å². The number of aromatic nitrogens is 2. The van der Waals surface area contributed by atoms with Crippen molar-refractivity contribution in [3.63, 3.8) is 0 Å². The number of hydrogen-bond acceptors (Lipinski definition) is 6. The number of benzene rings is 1. The Balaban J connectivity index is 1.42. The molecule has 3 aromatic rings. The number of thiophene rings is 1. The highest BCUT2D eigenvalue weighted by atomic mass is 32.1. The van der Waals surface area contributed by atoms with Crippen molar-refractivity contribution in [2.24, 2.45) is 0 Å². The Morgan fingerprint density at radius 3 is 2.87 bits per heavy atom. The van der Waals surface area contributed by atoms with Crippen molar-refractivity contribution in [3.8, 4) is 0 Å². The lowest BCUT2D eigenvalue weighted by Crippen LogP contribution is -2.16. The predicted molar refractivity (Wildman–Crippen MR) is 121 cm³/mol. The van der Waals surface area contributed by atoms with Crippen LogP contribution in [-0.2, 0) is 28.8 Å². The van der Waals surface area contributed by atoms with Crippen molar-refractivity contribution in [3.05, 3.63) is 56.4 Å². The van der Waals surface area contributed by atoms with Crippen LogP contribution in [0.5, 0.6) is 0 Å². The number of hydrogen-bond donors (Lipinski definition) is 2. The number of aromatic amines is 1. The monoisotopic (exact) mass is 439 g/mol. The van der Waals surface area contributed by atoms with Gasteiger partial charge in [-0.1, -0.05) is 12.1 Å². The molecule has 4 rings (SSSR count). The molecule has 8 heteroatoms. The lowest BCUT2D eigenvalue weighted by atomic mass is 9.95. The molecule has 2 aromatic heterocycles. The molecule has 0 saturated heterocycles. The van der Waals surface area contributed by atoms with Crippen LogP contribution in [0.15, 0.2) is 29.1 Å². The Labute approximate surface area is 183 Å². The first-order valence-corrected chi connectivity index (χ1v) is 11.5. The zero-order valence-corrected chi connectivity index (χ0v) is 18.3. The van der Waals surface area contributed by atoms with E-state index in [1.54, 1.807) is 25.1 Å². The molecule has 0 radical (unpaired) electrons. The molecule has 1 aliphatic rings. The van der Waals surface area contributed by atoms with E-state index in [1.807, 2.05) is 6.07 Å². The Morgan fingerprint density at radius 1 is 1.23 bits per heavy atom. The van der Waals surface area contributed by atoms with Gasteiger partial charge in [0.15, 0.2) is 0 Å². The molecule has 2 N–H and O–H groups in total. The van der Waals surface area contributed by atoms with Gasteiger partial charge in [0.05, 0.1) is 23.1 Å². The summed E-state index contributed by atoms with van der Waals surface area (Å²) in [6.45, 7) is 2.08. The zero-order valence-electron chi connectivity index (χ0n) is 17.5. The summed E-state index contributed by atoms with van der Waals surface area (Å²) in [7, 11) is 0. The number of amides is 1. The summed E-state index contributed by atoms with van der Waals surface area (Å²) in [5, 5.41) is 4.06. The van der Waals surface area contributed by atoms with E-state index in [2.05, 4.69) is 15.3 Å². The summed E-state index contributed by atoms with van der Waals surface area (Å²) < 4.78 is 5.23. The van der Waals surface area contributed by atoms with Gasteiger partial charge in [-0.05, 0) is 56.7 Å². The number of para-hydroxylation sites is 1. The Hall–Kier alpha value is -3.00. The average Bonchev–Trinajstić information content (AvgIpc) is 3.11. The minimum absolute atomic E-state index is 0.160. The maximum atomic E-state index is 12.6. The second-order valence-corrected chi connectivity index (χ2v) is 8.67. The van der Waals surface area contributed by atoms with Gasteiger partial charge in [-0.3, -0.25) is 9.59 Å². The van der Waals surface area contributed by atoms with Crippen LogP contribution in [-0.4, -0.2) is 28.5 Å². The van der Waals surface area contributed by atoms with E-state index in [4.69, 9.17) is 4.74 Å². The molecule has 0 saturated carbocycles. The van der Waals surface area contributed by atoms with Gasteiger partial charge in [-0.2, -0.15) is 0 Å². The molecule has 162 valence electrons. The Morgan fingerprint density at radius 2 is 2.03 bits per heavy atom. The van der Waals surface area contributed by atoms with Crippen LogP contribution in [0, 0.1) is 0 Å². The highest BCUT2D eigenvalue weighted by Gasteiger charge is 2.27. The molecule has 7 nitrogen and oxygen atoms in total. The summed E-state index contributed by atoms with van der Waals surface area (Å²) in [6, 6.07) is 7.18. The molecule has 1 aromatic carbocycles. The quantitative estimate of drug-likeness (QED) is 0.542. The first-order chi connectivity index (χ1) is 15.1. The molecule has 0 aliphatic heterocycles. The fourth-order valence-electron chi connectivity index (χ4n) is 3.93. The van der Waals surface area contributed by atoms with Gasteiger partial charge in [0.2, 0.25) is 5.91 Å². The van der Waals surface area contributed by atoms with E-state index in [0.717, 1.165) is 31.2 Å². The molecular formula is C23H25N3O4S. The third kappa shape index (κ3) is 4.69. The number of nitrogens with one attached hydrogen (secondary N) is 2. The van der Waals surface area contributed by atoms with Gasteiger partial charge in [-0.15, -0.1) is 11.3 Å². The van der Waals surface area contributed by atoms with Gasteiger partial charge >= 0.3 is 5.97 Å². The number of carbonyl (C=O) groups is 2. The lowest BCUT2D eigenvalue weighted by molar-refractivity contribution is -0.116.